The SMILES string of the molecule is CC1=C2[C@H](O)C[C@]2(C)[C@H]2CC(C)(C)C[C@@H]2C1=O. The van der Waals surface area contributed by atoms with Gasteiger partial charge in [0.2, 0.25) is 0 Å². The molecular formula is C15H22O2. The fraction of sp³-hybridized carbons (Fsp3) is 0.800. The van der Waals surface area contributed by atoms with Crippen LogP contribution < -0.4 is 0 Å². The third kappa shape index (κ3) is 1.28. The van der Waals surface area contributed by atoms with Crippen LogP contribution in [0.5, 0.6) is 0 Å². The van der Waals surface area contributed by atoms with E-state index in [1.807, 2.05) is 6.92 Å². The van der Waals surface area contributed by atoms with E-state index < -0.39 is 0 Å². The van der Waals surface area contributed by atoms with Crippen LogP contribution in [-0.2, 0) is 4.79 Å². The molecule has 0 spiro atoms. The molecule has 2 fully saturated rings. The minimum atomic E-state index is -0.353. The summed E-state index contributed by atoms with van der Waals surface area (Å²) in [4.78, 5) is 12.4. The quantitative estimate of drug-likeness (QED) is 0.699. The number of fused-ring (bicyclic) bond motifs is 3. The minimum absolute atomic E-state index is 0.107. The van der Waals surface area contributed by atoms with E-state index in [0.717, 1.165) is 30.4 Å². The van der Waals surface area contributed by atoms with E-state index in [0.29, 0.717) is 11.7 Å². The van der Waals surface area contributed by atoms with Gasteiger partial charge >= 0.3 is 0 Å². The maximum atomic E-state index is 12.4. The Morgan fingerprint density at radius 2 is 1.82 bits per heavy atom. The van der Waals surface area contributed by atoms with Gasteiger partial charge in [0.15, 0.2) is 5.78 Å². The highest BCUT2D eigenvalue weighted by Gasteiger charge is 2.61. The summed E-state index contributed by atoms with van der Waals surface area (Å²) in [6.07, 6.45) is 2.65. The van der Waals surface area contributed by atoms with Crippen LogP contribution in [0.3, 0.4) is 0 Å². The third-order valence-electron chi connectivity index (χ3n) is 5.53. The van der Waals surface area contributed by atoms with Gasteiger partial charge in [-0.1, -0.05) is 20.8 Å². The number of rotatable bonds is 0. The summed E-state index contributed by atoms with van der Waals surface area (Å²) in [6, 6.07) is 0. The van der Waals surface area contributed by atoms with Gasteiger partial charge in [0.05, 0.1) is 6.10 Å². The van der Waals surface area contributed by atoms with E-state index in [1.165, 1.54) is 0 Å². The molecule has 4 atom stereocenters. The monoisotopic (exact) mass is 234 g/mol. The zero-order chi connectivity index (χ0) is 12.6. The molecule has 0 unspecified atom stereocenters. The lowest BCUT2D eigenvalue weighted by atomic mass is 9.50. The number of Topliss-reactive ketones (excluding diaryl/α,β-unsaturated/α-hetero) is 1. The second kappa shape index (κ2) is 3.03. The Morgan fingerprint density at radius 3 is 2.41 bits per heavy atom. The van der Waals surface area contributed by atoms with Gasteiger partial charge < -0.3 is 5.11 Å². The highest BCUT2D eigenvalue weighted by atomic mass is 16.3. The molecule has 2 heteroatoms. The number of aliphatic hydroxyl groups excluding tert-OH is 1. The van der Waals surface area contributed by atoms with Gasteiger partial charge in [0.25, 0.3) is 0 Å². The lowest BCUT2D eigenvalue weighted by Crippen LogP contribution is -2.53. The van der Waals surface area contributed by atoms with Crippen molar-refractivity contribution in [3.05, 3.63) is 11.1 Å². The first-order chi connectivity index (χ1) is 7.76. The van der Waals surface area contributed by atoms with Gasteiger partial charge in [-0.25, -0.2) is 0 Å². The van der Waals surface area contributed by atoms with Gasteiger partial charge in [0, 0.05) is 5.92 Å². The van der Waals surface area contributed by atoms with E-state index in [1.54, 1.807) is 0 Å². The number of hydrogen-bond donors (Lipinski definition) is 1. The Balaban J connectivity index is 2.08. The average Bonchev–Trinajstić information content (AvgIpc) is 2.51. The predicted molar refractivity (Wildman–Crippen MR) is 66.4 cm³/mol. The molecule has 0 aromatic rings. The van der Waals surface area contributed by atoms with Crippen molar-refractivity contribution >= 4 is 5.78 Å². The molecule has 0 aromatic carbocycles. The molecular weight excluding hydrogens is 212 g/mol. The van der Waals surface area contributed by atoms with Crippen molar-refractivity contribution in [1.82, 2.24) is 0 Å². The number of aliphatic hydroxyl groups is 1. The molecule has 0 radical (unpaired) electrons. The van der Waals surface area contributed by atoms with Crippen molar-refractivity contribution in [2.45, 2.75) is 53.1 Å². The van der Waals surface area contributed by atoms with Crippen LogP contribution in [-0.4, -0.2) is 17.0 Å². The maximum absolute atomic E-state index is 12.4. The molecule has 17 heavy (non-hydrogen) atoms. The van der Waals surface area contributed by atoms with E-state index in [4.69, 9.17) is 0 Å². The third-order valence-corrected chi connectivity index (χ3v) is 5.53. The normalized spacial score (nSPS) is 47.6. The summed E-state index contributed by atoms with van der Waals surface area (Å²) in [5, 5.41) is 9.94. The van der Waals surface area contributed by atoms with Crippen molar-refractivity contribution in [1.29, 1.82) is 0 Å². The highest BCUT2D eigenvalue weighted by Crippen LogP contribution is 2.65. The van der Waals surface area contributed by atoms with Crippen molar-refractivity contribution in [3.8, 4) is 0 Å². The number of carbonyl (C=O) groups excluding carboxylic acids is 1. The fourth-order valence-electron chi connectivity index (χ4n) is 4.81. The molecule has 3 aliphatic carbocycles. The van der Waals surface area contributed by atoms with Crippen LogP contribution in [0, 0.1) is 22.7 Å². The van der Waals surface area contributed by atoms with Crippen molar-refractivity contribution in [2.24, 2.45) is 22.7 Å². The lowest BCUT2D eigenvalue weighted by molar-refractivity contribution is -0.126. The van der Waals surface area contributed by atoms with Crippen LogP contribution in [0.1, 0.15) is 47.0 Å². The summed E-state index contributed by atoms with van der Waals surface area (Å²) in [5.74, 6) is 0.991. The van der Waals surface area contributed by atoms with Gasteiger partial charge in [-0.05, 0) is 54.1 Å². The van der Waals surface area contributed by atoms with E-state index in [-0.39, 0.29) is 22.9 Å². The van der Waals surface area contributed by atoms with Crippen LogP contribution in [0.2, 0.25) is 0 Å². The van der Waals surface area contributed by atoms with Crippen molar-refractivity contribution < 1.29 is 9.90 Å². The number of allylic oxidation sites excluding steroid dienone is 1. The van der Waals surface area contributed by atoms with E-state index in [2.05, 4.69) is 20.8 Å². The van der Waals surface area contributed by atoms with Crippen LogP contribution >= 0.6 is 0 Å². The van der Waals surface area contributed by atoms with Gasteiger partial charge in [-0.2, -0.15) is 0 Å². The fourth-order valence-corrected chi connectivity index (χ4v) is 4.81. The summed E-state index contributed by atoms with van der Waals surface area (Å²) >= 11 is 0. The topological polar surface area (TPSA) is 37.3 Å². The molecule has 0 bridgehead atoms. The molecule has 94 valence electrons. The Kier molecular flexibility index (Phi) is 2.04. The Morgan fingerprint density at radius 1 is 1.18 bits per heavy atom. The molecule has 2 saturated carbocycles. The van der Waals surface area contributed by atoms with Gasteiger partial charge in [-0.15, -0.1) is 0 Å². The smallest absolute Gasteiger partial charge is 0.162 e. The standard InChI is InChI=1S/C15H22O2/c1-8-12-11(16)7-15(12,4)10-6-14(2,3)5-9(10)13(8)17/h9-11,16H,5-7H2,1-4H3/t9-,10-,11+,15+/m0/s1. The predicted octanol–water partition coefficient (Wildman–Crippen LogP) is 2.71. The van der Waals surface area contributed by atoms with Crippen molar-refractivity contribution in [3.63, 3.8) is 0 Å². The highest BCUT2D eigenvalue weighted by molar-refractivity contribution is 5.99. The minimum Gasteiger partial charge on any atom is -0.389 e. The summed E-state index contributed by atoms with van der Waals surface area (Å²) < 4.78 is 0. The zero-order valence-corrected chi connectivity index (χ0v) is 11.2. The van der Waals surface area contributed by atoms with Crippen LogP contribution in [0.15, 0.2) is 11.1 Å². The Hall–Kier alpha value is -0.630. The molecule has 3 rings (SSSR count). The molecule has 0 aliphatic heterocycles. The number of hydrogen-bond acceptors (Lipinski definition) is 2. The van der Waals surface area contributed by atoms with Crippen LogP contribution in [0.25, 0.3) is 0 Å². The summed E-state index contributed by atoms with van der Waals surface area (Å²) in [7, 11) is 0. The molecule has 2 nitrogen and oxygen atoms in total. The molecule has 0 amide bonds. The Labute approximate surface area is 103 Å². The first-order valence-electron chi connectivity index (χ1n) is 6.70. The first kappa shape index (κ1) is 11.5. The molecule has 3 aliphatic rings. The summed E-state index contributed by atoms with van der Waals surface area (Å²) in [6.45, 7) is 8.71. The number of ketones is 1. The first-order valence-corrected chi connectivity index (χ1v) is 6.70. The average molecular weight is 234 g/mol. The number of carbonyl (C=O) groups is 1. The van der Waals surface area contributed by atoms with Crippen molar-refractivity contribution in [2.75, 3.05) is 0 Å². The zero-order valence-electron chi connectivity index (χ0n) is 11.2. The van der Waals surface area contributed by atoms with Gasteiger partial charge in [-0.3, -0.25) is 4.79 Å². The lowest BCUT2D eigenvalue weighted by Gasteiger charge is -2.55. The van der Waals surface area contributed by atoms with E-state index >= 15 is 0 Å². The summed E-state index contributed by atoms with van der Waals surface area (Å²) in [5.41, 5.74) is 2.31. The Bertz CT molecular complexity index is 432. The van der Waals surface area contributed by atoms with Crippen LogP contribution in [0.4, 0.5) is 0 Å². The van der Waals surface area contributed by atoms with Gasteiger partial charge in [0.1, 0.15) is 0 Å². The molecule has 0 heterocycles. The molecule has 1 N–H and O–H groups in total. The molecule has 0 saturated heterocycles. The van der Waals surface area contributed by atoms with E-state index in [9.17, 15) is 9.90 Å². The molecule has 0 aromatic heterocycles. The second-order valence-corrected chi connectivity index (χ2v) is 7.33. The maximum Gasteiger partial charge on any atom is 0.162 e. The largest absolute Gasteiger partial charge is 0.389 e. The second-order valence-electron chi connectivity index (χ2n) is 7.33.